The van der Waals surface area contributed by atoms with E-state index in [-0.39, 0.29) is 5.97 Å². The molecule has 94 valence electrons. The van der Waals surface area contributed by atoms with E-state index in [2.05, 4.69) is 15.9 Å². The van der Waals surface area contributed by atoms with Crippen LogP contribution in [0.15, 0.2) is 40.9 Å². The van der Waals surface area contributed by atoms with E-state index in [4.69, 9.17) is 4.74 Å². The molecule has 0 aromatic heterocycles. The minimum Gasteiger partial charge on any atom is -0.462 e. The summed E-state index contributed by atoms with van der Waals surface area (Å²) < 4.78 is 6.22. The molecule has 2 nitrogen and oxygen atoms in total. The quantitative estimate of drug-likeness (QED) is 0.785. The monoisotopic (exact) mass is 306 g/mol. The number of hydrogen-bond donors (Lipinski definition) is 0. The van der Waals surface area contributed by atoms with Gasteiger partial charge in [-0.1, -0.05) is 41.9 Å². The fourth-order valence-corrected chi connectivity index (χ4v) is 2.05. The standard InChI is InChI=1S/C15H15BrO2/c1-10(2)9-18-15(17)12-4-3-11-5-6-14(16)8-13(11)7-12/h3-8,10H,9H2,1-2H3. The second-order valence-electron chi connectivity index (χ2n) is 4.70. The van der Waals surface area contributed by atoms with Gasteiger partial charge in [0.25, 0.3) is 0 Å². The van der Waals surface area contributed by atoms with Crippen molar-refractivity contribution in [3.63, 3.8) is 0 Å². The highest BCUT2D eigenvalue weighted by molar-refractivity contribution is 9.10. The van der Waals surface area contributed by atoms with Gasteiger partial charge >= 0.3 is 5.97 Å². The Labute approximate surface area is 115 Å². The Morgan fingerprint density at radius 1 is 1.17 bits per heavy atom. The Hall–Kier alpha value is -1.35. The van der Waals surface area contributed by atoms with Gasteiger partial charge in [-0.05, 0) is 41.0 Å². The first kappa shape index (κ1) is 13.1. The van der Waals surface area contributed by atoms with E-state index in [1.165, 1.54) is 0 Å². The van der Waals surface area contributed by atoms with Crippen LogP contribution in [-0.4, -0.2) is 12.6 Å². The van der Waals surface area contributed by atoms with Gasteiger partial charge in [0.2, 0.25) is 0 Å². The lowest BCUT2D eigenvalue weighted by atomic mass is 10.1. The van der Waals surface area contributed by atoms with E-state index in [9.17, 15) is 4.79 Å². The Bertz CT molecular complexity index is 576. The average molecular weight is 307 g/mol. The molecule has 3 heteroatoms. The van der Waals surface area contributed by atoms with Gasteiger partial charge in [-0.25, -0.2) is 4.79 Å². The molecule has 0 aliphatic heterocycles. The summed E-state index contributed by atoms with van der Waals surface area (Å²) >= 11 is 3.43. The average Bonchev–Trinajstić information content (AvgIpc) is 2.34. The fourth-order valence-electron chi connectivity index (χ4n) is 1.67. The molecule has 2 rings (SSSR count). The second kappa shape index (κ2) is 5.53. The van der Waals surface area contributed by atoms with Crippen LogP contribution in [0.1, 0.15) is 24.2 Å². The molecular weight excluding hydrogens is 292 g/mol. The molecule has 2 aromatic rings. The number of hydrogen-bond acceptors (Lipinski definition) is 2. The van der Waals surface area contributed by atoms with Crippen LogP contribution in [0.25, 0.3) is 10.8 Å². The van der Waals surface area contributed by atoms with Crippen molar-refractivity contribution in [1.29, 1.82) is 0 Å². The van der Waals surface area contributed by atoms with Crippen LogP contribution >= 0.6 is 15.9 Å². The maximum absolute atomic E-state index is 11.8. The summed E-state index contributed by atoms with van der Waals surface area (Å²) in [6.45, 7) is 4.49. The van der Waals surface area contributed by atoms with E-state index >= 15 is 0 Å². The van der Waals surface area contributed by atoms with Crippen LogP contribution in [-0.2, 0) is 4.74 Å². The molecule has 0 unspecified atom stereocenters. The van der Waals surface area contributed by atoms with Gasteiger partial charge < -0.3 is 4.74 Å². The number of halogens is 1. The highest BCUT2D eigenvalue weighted by atomic mass is 79.9. The molecule has 0 amide bonds. The Kier molecular flexibility index (Phi) is 4.02. The zero-order valence-electron chi connectivity index (χ0n) is 10.4. The number of benzene rings is 2. The van der Waals surface area contributed by atoms with Gasteiger partial charge in [-0.3, -0.25) is 0 Å². The largest absolute Gasteiger partial charge is 0.462 e. The first-order valence-corrected chi connectivity index (χ1v) is 6.72. The molecule has 0 aliphatic rings. The third-order valence-electron chi connectivity index (χ3n) is 2.59. The molecule has 0 heterocycles. The third-order valence-corrected chi connectivity index (χ3v) is 3.08. The molecule has 0 aliphatic carbocycles. The summed E-state index contributed by atoms with van der Waals surface area (Å²) in [5, 5.41) is 2.14. The van der Waals surface area contributed by atoms with Crippen LogP contribution in [0, 0.1) is 5.92 Å². The van der Waals surface area contributed by atoms with Crippen LogP contribution in [0.4, 0.5) is 0 Å². The summed E-state index contributed by atoms with van der Waals surface area (Å²) in [6.07, 6.45) is 0. The first-order chi connectivity index (χ1) is 8.56. The number of carbonyl (C=O) groups is 1. The van der Waals surface area contributed by atoms with Crippen molar-refractivity contribution >= 4 is 32.7 Å². The predicted molar refractivity (Wildman–Crippen MR) is 76.8 cm³/mol. The summed E-state index contributed by atoms with van der Waals surface area (Å²) in [7, 11) is 0. The zero-order chi connectivity index (χ0) is 13.1. The summed E-state index contributed by atoms with van der Waals surface area (Å²) in [6, 6.07) is 11.6. The van der Waals surface area contributed by atoms with Crippen molar-refractivity contribution in [3.8, 4) is 0 Å². The van der Waals surface area contributed by atoms with Crippen molar-refractivity contribution in [2.75, 3.05) is 6.61 Å². The molecule has 0 fully saturated rings. The summed E-state index contributed by atoms with van der Waals surface area (Å²) in [5.41, 5.74) is 0.598. The molecule has 0 N–H and O–H groups in total. The molecule has 0 saturated carbocycles. The molecule has 0 saturated heterocycles. The van der Waals surface area contributed by atoms with Crippen LogP contribution in [0.5, 0.6) is 0 Å². The minimum atomic E-state index is -0.259. The topological polar surface area (TPSA) is 26.3 Å². The Morgan fingerprint density at radius 2 is 1.89 bits per heavy atom. The van der Waals surface area contributed by atoms with Gasteiger partial charge in [-0.15, -0.1) is 0 Å². The fraction of sp³-hybridized carbons (Fsp3) is 0.267. The molecule has 18 heavy (non-hydrogen) atoms. The number of fused-ring (bicyclic) bond motifs is 1. The number of carbonyl (C=O) groups excluding carboxylic acids is 1. The maximum atomic E-state index is 11.8. The third kappa shape index (κ3) is 3.10. The molecular formula is C15H15BrO2. The molecule has 2 aromatic carbocycles. The predicted octanol–water partition coefficient (Wildman–Crippen LogP) is 4.42. The highest BCUT2D eigenvalue weighted by Crippen LogP contribution is 2.21. The van der Waals surface area contributed by atoms with Gasteiger partial charge in [-0.2, -0.15) is 0 Å². The minimum absolute atomic E-state index is 0.259. The lowest BCUT2D eigenvalue weighted by Crippen LogP contribution is -2.10. The maximum Gasteiger partial charge on any atom is 0.338 e. The van der Waals surface area contributed by atoms with E-state index in [1.54, 1.807) is 6.07 Å². The smallest absolute Gasteiger partial charge is 0.338 e. The lowest BCUT2D eigenvalue weighted by Gasteiger charge is -2.08. The van der Waals surface area contributed by atoms with Gasteiger partial charge in [0.1, 0.15) is 0 Å². The van der Waals surface area contributed by atoms with Crippen molar-refractivity contribution in [2.24, 2.45) is 5.92 Å². The SMILES string of the molecule is CC(C)COC(=O)c1ccc2ccc(Br)cc2c1. The molecule has 0 bridgehead atoms. The van der Waals surface area contributed by atoms with Gasteiger partial charge in [0.05, 0.1) is 12.2 Å². The molecule has 0 atom stereocenters. The van der Waals surface area contributed by atoms with Crippen molar-refractivity contribution < 1.29 is 9.53 Å². The highest BCUT2D eigenvalue weighted by Gasteiger charge is 2.08. The number of rotatable bonds is 3. The van der Waals surface area contributed by atoms with Crippen molar-refractivity contribution in [3.05, 3.63) is 46.4 Å². The van der Waals surface area contributed by atoms with Crippen molar-refractivity contribution in [1.82, 2.24) is 0 Å². The molecule has 0 spiro atoms. The lowest BCUT2D eigenvalue weighted by molar-refractivity contribution is 0.0459. The zero-order valence-corrected chi connectivity index (χ0v) is 12.0. The molecule has 0 radical (unpaired) electrons. The van der Waals surface area contributed by atoms with Crippen LogP contribution < -0.4 is 0 Å². The Balaban J connectivity index is 2.26. The Morgan fingerprint density at radius 3 is 2.61 bits per heavy atom. The second-order valence-corrected chi connectivity index (χ2v) is 5.61. The van der Waals surface area contributed by atoms with Crippen molar-refractivity contribution in [2.45, 2.75) is 13.8 Å². The van der Waals surface area contributed by atoms with E-state index in [1.807, 2.05) is 44.2 Å². The van der Waals surface area contributed by atoms with Crippen LogP contribution in [0.3, 0.4) is 0 Å². The number of ether oxygens (including phenoxy) is 1. The number of esters is 1. The van der Waals surface area contributed by atoms with Crippen LogP contribution in [0.2, 0.25) is 0 Å². The summed E-state index contributed by atoms with van der Waals surface area (Å²) in [5.74, 6) is 0.0918. The first-order valence-electron chi connectivity index (χ1n) is 5.92. The van der Waals surface area contributed by atoms with E-state index in [0.717, 1.165) is 15.2 Å². The van der Waals surface area contributed by atoms with E-state index in [0.29, 0.717) is 18.1 Å². The van der Waals surface area contributed by atoms with Gasteiger partial charge in [0.15, 0.2) is 0 Å². The normalized spacial score (nSPS) is 10.9. The van der Waals surface area contributed by atoms with E-state index < -0.39 is 0 Å². The van der Waals surface area contributed by atoms with Gasteiger partial charge in [0, 0.05) is 4.47 Å². The summed E-state index contributed by atoms with van der Waals surface area (Å²) in [4.78, 5) is 11.8.